The number of pyridine rings is 1. The normalized spacial score (nSPS) is 13.0. The van der Waals surface area contributed by atoms with Crippen molar-refractivity contribution >= 4 is 17.6 Å². The molecule has 0 radical (unpaired) electrons. The second kappa shape index (κ2) is 9.69. The second-order valence-corrected chi connectivity index (χ2v) is 8.43. The predicted octanol–water partition coefficient (Wildman–Crippen LogP) is 3.89. The molecule has 34 heavy (non-hydrogen) atoms. The van der Waals surface area contributed by atoms with Crippen LogP contribution in [-0.2, 0) is 22.5 Å². The number of hydrogen-bond donors (Lipinski definition) is 2. The number of hydrogen-bond acceptors (Lipinski definition) is 7. The lowest BCUT2D eigenvalue weighted by Crippen LogP contribution is -2.29. The van der Waals surface area contributed by atoms with Gasteiger partial charge >= 0.3 is 5.97 Å². The van der Waals surface area contributed by atoms with Gasteiger partial charge in [0.25, 0.3) is 5.56 Å². The van der Waals surface area contributed by atoms with Crippen LogP contribution in [0.2, 0.25) is 5.02 Å². The van der Waals surface area contributed by atoms with E-state index >= 15 is 0 Å². The summed E-state index contributed by atoms with van der Waals surface area (Å²) in [6, 6.07) is 11.5. The van der Waals surface area contributed by atoms with Gasteiger partial charge in [-0.15, -0.1) is 0 Å². The number of halogens is 1. The van der Waals surface area contributed by atoms with Crippen molar-refractivity contribution in [3.8, 4) is 23.0 Å². The number of nitrogens with zero attached hydrogens (tertiary/aromatic N) is 1. The minimum absolute atomic E-state index is 0.0139. The molecule has 1 aliphatic heterocycles. The fourth-order valence-corrected chi connectivity index (χ4v) is 4.38. The van der Waals surface area contributed by atoms with E-state index in [-0.39, 0.29) is 35.3 Å². The number of aromatic nitrogens is 1. The van der Waals surface area contributed by atoms with Crippen molar-refractivity contribution < 1.29 is 29.2 Å². The zero-order valence-corrected chi connectivity index (χ0v) is 19.5. The summed E-state index contributed by atoms with van der Waals surface area (Å²) in [6.45, 7) is 2.09. The molecule has 1 aliphatic rings. The van der Waals surface area contributed by atoms with E-state index in [9.17, 15) is 19.8 Å². The first-order valence-corrected chi connectivity index (χ1v) is 11.0. The van der Waals surface area contributed by atoms with Crippen LogP contribution in [-0.4, -0.2) is 34.7 Å². The van der Waals surface area contributed by atoms with Crippen molar-refractivity contribution in [1.29, 1.82) is 0 Å². The highest BCUT2D eigenvalue weighted by molar-refractivity contribution is 6.32. The maximum absolute atomic E-state index is 13.6. The molecule has 0 fully saturated rings. The van der Waals surface area contributed by atoms with E-state index < -0.39 is 17.4 Å². The van der Waals surface area contributed by atoms with Gasteiger partial charge in [0, 0.05) is 18.2 Å². The van der Waals surface area contributed by atoms with Crippen LogP contribution in [0.1, 0.15) is 34.7 Å². The van der Waals surface area contributed by atoms with Gasteiger partial charge in [0.05, 0.1) is 24.1 Å². The van der Waals surface area contributed by atoms with Crippen molar-refractivity contribution in [3.63, 3.8) is 0 Å². The Morgan fingerprint density at radius 2 is 1.91 bits per heavy atom. The number of ether oxygens (including phenoxy) is 3. The Kier molecular flexibility index (Phi) is 6.70. The number of phenolic OH excluding ortho intramolecular Hbond substituents is 1. The van der Waals surface area contributed by atoms with Crippen LogP contribution in [0.15, 0.2) is 47.3 Å². The maximum Gasteiger partial charge on any atom is 0.306 e. The van der Waals surface area contributed by atoms with Crippen LogP contribution in [0.3, 0.4) is 0 Å². The molecule has 0 amide bonds. The Balaban J connectivity index is 1.77. The summed E-state index contributed by atoms with van der Waals surface area (Å²) in [6.07, 6.45) is 0.346. The van der Waals surface area contributed by atoms with E-state index in [4.69, 9.17) is 25.8 Å². The van der Waals surface area contributed by atoms with E-state index in [1.165, 1.54) is 13.2 Å². The molecule has 1 unspecified atom stereocenters. The van der Waals surface area contributed by atoms with Gasteiger partial charge < -0.3 is 29.0 Å². The van der Waals surface area contributed by atoms with Crippen LogP contribution in [0.5, 0.6) is 23.0 Å². The summed E-state index contributed by atoms with van der Waals surface area (Å²) < 4.78 is 17.2. The molecule has 0 saturated carbocycles. The molecule has 0 bridgehead atoms. The van der Waals surface area contributed by atoms with Gasteiger partial charge in [-0.1, -0.05) is 23.7 Å². The largest absolute Gasteiger partial charge is 0.508 e. The SMILES string of the molecule is COC(=O)CC(c1cc(Cl)c2c(c1)OCO2)c1c(O)cc(C)n(CCc2ccc(O)cc2)c1=O. The van der Waals surface area contributed by atoms with Gasteiger partial charge in [0.2, 0.25) is 6.79 Å². The molecule has 3 aromatic rings. The standard InChI is InChI=1S/C25H24ClNO7/c1-14-9-20(29)23(25(31)27(14)8-7-15-3-5-17(28)6-4-15)18(12-22(30)32-2)16-10-19(26)24-21(11-16)33-13-34-24/h3-6,9-11,18,28-29H,7-8,12-13H2,1-2H3. The molecule has 0 saturated heterocycles. The third kappa shape index (κ3) is 4.68. The van der Waals surface area contributed by atoms with E-state index in [0.717, 1.165) is 5.56 Å². The lowest BCUT2D eigenvalue weighted by molar-refractivity contribution is -0.140. The van der Waals surface area contributed by atoms with E-state index in [2.05, 4.69) is 0 Å². The molecule has 0 spiro atoms. The first kappa shape index (κ1) is 23.5. The van der Waals surface area contributed by atoms with Crippen LogP contribution >= 0.6 is 11.6 Å². The average Bonchev–Trinajstić information content (AvgIpc) is 3.28. The van der Waals surface area contributed by atoms with E-state index in [1.54, 1.807) is 47.9 Å². The predicted molar refractivity (Wildman–Crippen MR) is 125 cm³/mol. The summed E-state index contributed by atoms with van der Waals surface area (Å²) in [4.78, 5) is 25.9. The monoisotopic (exact) mass is 485 g/mol. The fourth-order valence-electron chi connectivity index (χ4n) is 4.10. The molecule has 9 heteroatoms. The van der Waals surface area contributed by atoms with Gasteiger partial charge in [-0.25, -0.2) is 0 Å². The molecule has 0 aliphatic carbocycles. The molecule has 178 valence electrons. The third-order valence-corrected chi connectivity index (χ3v) is 6.16. The van der Waals surface area contributed by atoms with E-state index in [1.807, 2.05) is 0 Å². The van der Waals surface area contributed by atoms with Crippen molar-refractivity contribution in [2.24, 2.45) is 0 Å². The molecular weight excluding hydrogens is 462 g/mol. The van der Waals surface area contributed by atoms with Crippen LogP contribution in [0, 0.1) is 6.92 Å². The Morgan fingerprint density at radius 3 is 2.62 bits per heavy atom. The summed E-state index contributed by atoms with van der Waals surface area (Å²) in [5.41, 5.74) is 1.68. The molecule has 2 aromatic carbocycles. The summed E-state index contributed by atoms with van der Waals surface area (Å²) in [7, 11) is 1.26. The lowest BCUT2D eigenvalue weighted by atomic mass is 9.88. The van der Waals surface area contributed by atoms with E-state index in [0.29, 0.717) is 35.7 Å². The van der Waals surface area contributed by atoms with Crippen molar-refractivity contribution in [2.45, 2.75) is 32.2 Å². The minimum Gasteiger partial charge on any atom is -0.508 e. The van der Waals surface area contributed by atoms with Gasteiger partial charge in [-0.2, -0.15) is 0 Å². The molecule has 4 rings (SSSR count). The van der Waals surface area contributed by atoms with Gasteiger partial charge in [-0.05, 0) is 54.8 Å². The maximum atomic E-state index is 13.6. The first-order chi connectivity index (χ1) is 16.3. The molecule has 2 heterocycles. The van der Waals surface area contributed by atoms with Crippen molar-refractivity contribution in [2.75, 3.05) is 13.9 Å². The number of aryl methyl sites for hydroxylation is 2. The highest BCUT2D eigenvalue weighted by atomic mass is 35.5. The van der Waals surface area contributed by atoms with Crippen LogP contribution in [0.25, 0.3) is 0 Å². The summed E-state index contributed by atoms with van der Waals surface area (Å²) in [5, 5.41) is 20.6. The lowest BCUT2D eigenvalue weighted by Gasteiger charge is -2.21. The Morgan fingerprint density at radius 1 is 1.18 bits per heavy atom. The topological polar surface area (TPSA) is 107 Å². The average molecular weight is 486 g/mol. The third-order valence-electron chi connectivity index (χ3n) is 5.88. The highest BCUT2D eigenvalue weighted by Gasteiger charge is 2.29. The Hall–Kier alpha value is -3.65. The number of phenols is 1. The number of esters is 1. The van der Waals surface area contributed by atoms with Gasteiger partial charge in [-0.3, -0.25) is 9.59 Å². The number of methoxy groups -OCH3 is 1. The molecular formula is C25H24ClNO7. The highest BCUT2D eigenvalue weighted by Crippen LogP contribution is 2.43. The van der Waals surface area contributed by atoms with Crippen LogP contribution in [0.4, 0.5) is 0 Å². The number of fused-ring (bicyclic) bond motifs is 1. The van der Waals surface area contributed by atoms with Gasteiger partial charge in [0.15, 0.2) is 11.5 Å². The zero-order chi connectivity index (χ0) is 24.4. The zero-order valence-electron chi connectivity index (χ0n) is 18.7. The van der Waals surface area contributed by atoms with Crippen molar-refractivity contribution in [3.05, 3.63) is 80.2 Å². The van der Waals surface area contributed by atoms with Crippen LogP contribution < -0.4 is 15.0 Å². The minimum atomic E-state index is -0.826. The Bertz CT molecular complexity index is 1280. The van der Waals surface area contributed by atoms with Crippen molar-refractivity contribution in [1.82, 2.24) is 4.57 Å². The second-order valence-electron chi connectivity index (χ2n) is 8.03. The summed E-state index contributed by atoms with van der Waals surface area (Å²) in [5.74, 6) is -0.636. The first-order valence-electron chi connectivity index (χ1n) is 10.7. The molecule has 1 atom stereocenters. The number of carbonyl (C=O) groups is 1. The smallest absolute Gasteiger partial charge is 0.306 e. The molecule has 2 N–H and O–H groups in total. The number of rotatable bonds is 7. The fraction of sp³-hybridized carbons (Fsp3) is 0.280. The summed E-state index contributed by atoms with van der Waals surface area (Å²) >= 11 is 6.36. The number of carbonyl (C=O) groups excluding carboxylic acids is 1. The van der Waals surface area contributed by atoms with Gasteiger partial charge in [0.1, 0.15) is 11.5 Å². The Labute approximate surface area is 200 Å². The quantitative estimate of drug-likeness (QED) is 0.489. The number of aromatic hydroxyl groups is 2. The molecule has 8 nitrogen and oxygen atoms in total. The molecule has 1 aromatic heterocycles. The number of benzene rings is 2.